The Morgan fingerprint density at radius 1 is 1.83 bits per heavy atom. The standard InChI is InChI=1S/C4H8FN/c1-2-3-6-4-5/h3H,2,4H2,1H3. The predicted molar refractivity (Wildman–Crippen MR) is 24.8 cm³/mol. The molecule has 0 spiro atoms. The third-order valence-corrected chi connectivity index (χ3v) is 0.381. The smallest absolute Gasteiger partial charge is 0.179 e. The molecule has 0 aliphatic heterocycles. The molecule has 0 aromatic carbocycles. The van der Waals surface area contributed by atoms with Crippen LogP contribution in [0, 0.1) is 0 Å². The van der Waals surface area contributed by atoms with Crippen LogP contribution in [0.15, 0.2) is 4.99 Å². The van der Waals surface area contributed by atoms with Crippen molar-refractivity contribution in [2.75, 3.05) is 6.80 Å². The van der Waals surface area contributed by atoms with E-state index >= 15 is 0 Å². The molecule has 0 aliphatic rings. The Kier molecular flexibility index (Phi) is 4.29. The Morgan fingerprint density at radius 2 is 2.50 bits per heavy atom. The lowest BCUT2D eigenvalue weighted by Gasteiger charge is -1.71. The van der Waals surface area contributed by atoms with E-state index in [1.165, 1.54) is 0 Å². The maximum Gasteiger partial charge on any atom is 0.179 e. The van der Waals surface area contributed by atoms with Crippen molar-refractivity contribution < 1.29 is 4.39 Å². The summed E-state index contributed by atoms with van der Waals surface area (Å²) >= 11 is 0. The first kappa shape index (κ1) is 5.60. The van der Waals surface area contributed by atoms with Crippen LogP contribution in [-0.4, -0.2) is 13.0 Å². The Bertz CT molecular complexity index is 36.8. The van der Waals surface area contributed by atoms with Crippen LogP contribution in [0.25, 0.3) is 0 Å². The number of halogens is 1. The van der Waals surface area contributed by atoms with Crippen molar-refractivity contribution in [1.82, 2.24) is 0 Å². The molecule has 0 heterocycles. The molecular formula is C4H8FN. The van der Waals surface area contributed by atoms with E-state index in [0.717, 1.165) is 6.42 Å². The molecule has 0 aliphatic carbocycles. The lowest BCUT2D eigenvalue weighted by Crippen LogP contribution is -1.67. The minimum absolute atomic E-state index is 0.576. The van der Waals surface area contributed by atoms with Gasteiger partial charge in [-0.3, -0.25) is 4.99 Å². The van der Waals surface area contributed by atoms with Crippen molar-refractivity contribution in [3.8, 4) is 0 Å². The number of aliphatic imine (C=N–C) groups is 1. The Labute approximate surface area is 36.9 Å². The number of rotatable bonds is 2. The summed E-state index contributed by atoms with van der Waals surface area (Å²) in [6.07, 6.45) is 2.38. The van der Waals surface area contributed by atoms with Gasteiger partial charge in [0, 0.05) is 6.21 Å². The largest absolute Gasteiger partial charge is 0.264 e. The van der Waals surface area contributed by atoms with Crippen LogP contribution >= 0.6 is 0 Å². The number of hydrogen-bond donors (Lipinski definition) is 0. The van der Waals surface area contributed by atoms with Gasteiger partial charge in [-0.15, -0.1) is 0 Å². The van der Waals surface area contributed by atoms with Crippen LogP contribution in [0.3, 0.4) is 0 Å². The molecule has 0 radical (unpaired) electrons. The average molecular weight is 89.1 g/mol. The van der Waals surface area contributed by atoms with Gasteiger partial charge in [-0.25, -0.2) is 4.39 Å². The molecule has 0 N–H and O–H groups in total. The third-order valence-electron chi connectivity index (χ3n) is 0.381. The molecule has 0 bridgehead atoms. The van der Waals surface area contributed by atoms with E-state index in [9.17, 15) is 4.39 Å². The molecule has 0 saturated carbocycles. The minimum atomic E-state index is -0.576. The summed E-state index contributed by atoms with van der Waals surface area (Å²) in [7, 11) is 0. The molecule has 0 atom stereocenters. The lowest BCUT2D eigenvalue weighted by atomic mass is 10.5. The van der Waals surface area contributed by atoms with Gasteiger partial charge in [0.15, 0.2) is 6.80 Å². The monoisotopic (exact) mass is 89.1 g/mol. The highest BCUT2D eigenvalue weighted by atomic mass is 19.1. The van der Waals surface area contributed by atoms with E-state index in [1.807, 2.05) is 6.92 Å². The number of hydrogen-bond acceptors (Lipinski definition) is 1. The fraction of sp³-hybridized carbons (Fsp3) is 0.750. The second kappa shape index (κ2) is 4.60. The van der Waals surface area contributed by atoms with Crippen LogP contribution < -0.4 is 0 Å². The molecule has 1 nitrogen and oxygen atoms in total. The van der Waals surface area contributed by atoms with E-state index in [2.05, 4.69) is 4.99 Å². The Morgan fingerprint density at radius 3 is 2.67 bits per heavy atom. The summed E-state index contributed by atoms with van der Waals surface area (Å²) in [5, 5.41) is 0. The molecule has 0 unspecified atom stereocenters. The maximum absolute atomic E-state index is 11.0. The van der Waals surface area contributed by atoms with E-state index in [0.29, 0.717) is 0 Å². The Hall–Kier alpha value is -0.400. The van der Waals surface area contributed by atoms with E-state index in [-0.39, 0.29) is 0 Å². The highest BCUT2D eigenvalue weighted by Gasteiger charge is 1.62. The molecule has 0 saturated heterocycles. The Balaban J connectivity index is 2.73. The third kappa shape index (κ3) is 3.60. The lowest BCUT2D eigenvalue weighted by molar-refractivity contribution is 0.513. The fourth-order valence-corrected chi connectivity index (χ4v) is 0.178. The highest BCUT2D eigenvalue weighted by Crippen LogP contribution is 1.69. The van der Waals surface area contributed by atoms with E-state index in [1.54, 1.807) is 6.21 Å². The van der Waals surface area contributed by atoms with Crippen LogP contribution in [0.5, 0.6) is 0 Å². The SMILES string of the molecule is CCC=NCF. The molecule has 0 amide bonds. The van der Waals surface area contributed by atoms with Gasteiger partial charge in [-0.1, -0.05) is 6.92 Å². The van der Waals surface area contributed by atoms with Crippen LogP contribution in [0.4, 0.5) is 4.39 Å². The average Bonchev–Trinajstić information content (AvgIpc) is 1.61. The zero-order chi connectivity index (χ0) is 4.83. The van der Waals surface area contributed by atoms with Crippen molar-refractivity contribution >= 4 is 6.21 Å². The van der Waals surface area contributed by atoms with Crippen molar-refractivity contribution in [3.63, 3.8) is 0 Å². The number of alkyl halides is 1. The molecule has 0 aromatic rings. The van der Waals surface area contributed by atoms with E-state index < -0.39 is 6.80 Å². The summed E-state index contributed by atoms with van der Waals surface area (Å²) in [5.74, 6) is 0. The minimum Gasteiger partial charge on any atom is -0.264 e. The summed E-state index contributed by atoms with van der Waals surface area (Å²) < 4.78 is 11.0. The van der Waals surface area contributed by atoms with Gasteiger partial charge in [0.1, 0.15) is 0 Å². The van der Waals surface area contributed by atoms with E-state index in [4.69, 9.17) is 0 Å². The van der Waals surface area contributed by atoms with Crippen molar-refractivity contribution in [1.29, 1.82) is 0 Å². The zero-order valence-electron chi connectivity index (χ0n) is 3.82. The zero-order valence-corrected chi connectivity index (χ0v) is 3.82. The number of nitrogens with zero attached hydrogens (tertiary/aromatic N) is 1. The highest BCUT2D eigenvalue weighted by molar-refractivity contribution is 5.56. The van der Waals surface area contributed by atoms with Crippen LogP contribution in [-0.2, 0) is 0 Å². The van der Waals surface area contributed by atoms with Gasteiger partial charge in [0.25, 0.3) is 0 Å². The van der Waals surface area contributed by atoms with Crippen LogP contribution in [0.2, 0.25) is 0 Å². The summed E-state index contributed by atoms with van der Waals surface area (Å²) in [6, 6.07) is 0. The maximum atomic E-state index is 11.0. The van der Waals surface area contributed by atoms with Gasteiger partial charge >= 0.3 is 0 Å². The molecule has 36 valence electrons. The molecule has 2 heteroatoms. The first-order valence-corrected chi connectivity index (χ1v) is 1.96. The van der Waals surface area contributed by atoms with Crippen LogP contribution in [0.1, 0.15) is 13.3 Å². The summed E-state index contributed by atoms with van der Waals surface area (Å²) in [4.78, 5) is 3.30. The van der Waals surface area contributed by atoms with Gasteiger partial charge in [-0.2, -0.15) is 0 Å². The second-order valence-corrected chi connectivity index (χ2v) is 0.893. The van der Waals surface area contributed by atoms with Crippen molar-refractivity contribution in [2.45, 2.75) is 13.3 Å². The molecular weight excluding hydrogens is 81.0 g/mol. The predicted octanol–water partition coefficient (Wildman–Crippen LogP) is 1.39. The molecule has 0 aromatic heterocycles. The molecule has 0 fully saturated rings. The van der Waals surface area contributed by atoms with Gasteiger partial charge in [0.2, 0.25) is 0 Å². The van der Waals surface area contributed by atoms with Gasteiger partial charge in [-0.05, 0) is 6.42 Å². The first-order chi connectivity index (χ1) is 2.91. The first-order valence-electron chi connectivity index (χ1n) is 1.96. The summed E-state index contributed by atoms with van der Waals surface area (Å²) in [6.45, 7) is 1.34. The topological polar surface area (TPSA) is 12.4 Å². The normalized spacial score (nSPS) is 10.3. The quantitative estimate of drug-likeness (QED) is 0.358. The summed E-state index contributed by atoms with van der Waals surface area (Å²) in [5.41, 5.74) is 0. The second-order valence-electron chi connectivity index (χ2n) is 0.893. The van der Waals surface area contributed by atoms with Crippen molar-refractivity contribution in [3.05, 3.63) is 0 Å². The molecule has 0 rings (SSSR count). The fourth-order valence-electron chi connectivity index (χ4n) is 0.178. The van der Waals surface area contributed by atoms with Gasteiger partial charge in [0.05, 0.1) is 0 Å². The molecule has 6 heavy (non-hydrogen) atoms. The van der Waals surface area contributed by atoms with Gasteiger partial charge < -0.3 is 0 Å². The van der Waals surface area contributed by atoms with Crippen molar-refractivity contribution in [2.24, 2.45) is 4.99 Å².